The Hall–Kier alpha value is -2.40. The van der Waals surface area contributed by atoms with Gasteiger partial charge in [-0.05, 0) is 17.5 Å². The molecule has 132 valence electrons. The predicted molar refractivity (Wildman–Crippen MR) is 94.7 cm³/mol. The first kappa shape index (κ1) is 17.4. The topological polar surface area (TPSA) is 50.4 Å². The second-order valence-corrected chi connectivity index (χ2v) is 6.36. The van der Waals surface area contributed by atoms with Gasteiger partial charge in [0.1, 0.15) is 6.17 Å². The highest BCUT2D eigenvalue weighted by molar-refractivity contribution is 5.74. The molecular formula is C20H23FN2O2. The van der Waals surface area contributed by atoms with Crippen molar-refractivity contribution in [2.75, 3.05) is 6.61 Å². The zero-order valence-corrected chi connectivity index (χ0v) is 14.0. The Bertz CT molecular complexity index is 666. The van der Waals surface area contributed by atoms with Gasteiger partial charge < -0.3 is 15.4 Å². The van der Waals surface area contributed by atoms with Crippen LogP contribution in [0.15, 0.2) is 60.7 Å². The van der Waals surface area contributed by atoms with Crippen LogP contribution in [0.4, 0.5) is 9.18 Å². The lowest BCUT2D eigenvalue weighted by Crippen LogP contribution is -2.57. The van der Waals surface area contributed by atoms with Gasteiger partial charge in [-0.25, -0.2) is 9.18 Å². The smallest absolute Gasteiger partial charge is 0.315 e. The molecule has 3 rings (SSSR count). The molecular weight excluding hydrogens is 319 g/mol. The van der Waals surface area contributed by atoms with Crippen molar-refractivity contribution >= 4 is 6.03 Å². The van der Waals surface area contributed by atoms with Crippen molar-refractivity contribution in [3.8, 4) is 0 Å². The number of hydrogen-bond donors (Lipinski definition) is 2. The van der Waals surface area contributed by atoms with E-state index >= 15 is 0 Å². The van der Waals surface area contributed by atoms with Crippen LogP contribution in [-0.4, -0.2) is 24.9 Å². The van der Waals surface area contributed by atoms with Gasteiger partial charge in [-0.15, -0.1) is 0 Å². The van der Waals surface area contributed by atoms with Crippen molar-refractivity contribution in [3.05, 3.63) is 71.8 Å². The van der Waals surface area contributed by atoms with Gasteiger partial charge in [-0.2, -0.15) is 0 Å². The SMILES string of the molecule is O=C(NCc1ccccc1)N[C@H]1C[C@H](COCc2ccccc2)C1F. The summed E-state index contributed by atoms with van der Waals surface area (Å²) in [5.74, 6) is -0.150. The van der Waals surface area contributed by atoms with Gasteiger partial charge >= 0.3 is 6.03 Å². The summed E-state index contributed by atoms with van der Waals surface area (Å²) in [7, 11) is 0. The molecule has 3 atom stereocenters. The van der Waals surface area contributed by atoms with Gasteiger partial charge in [0.05, 0.1) is 19.3 Å². The maximum Gasteiger partial charge on any atom is 0.315 e. The number of carbonyl (C=O) groups excluding carboxylic acids is 1. The summed E-state index contributed by atoms with van der Waals surface area (Å²) < 4.78 is 19.8. The van der Waals surface area contributed by atoms with E-state index in [0.717, 1.165) is 11.1 Å². The minimum absolute atomic E-state index is 0.150. The minimum atomic E-state index is -1.06. The molecule has 2 aromatic carbocycles. The van der Waals surface area contributed by atoms with Crippen molar-refractivity contribution in [3.63, 3.8) is 0 Å². The molecule has 1 fully saturated rings. The zero-order valence-electron chi connectivity index (χ0n) is 14.0. The molecule has 0 spiro atoms. The fraction of sp³-hybridized carbons (Fsp3) is 0.350. The van der Waals surface area contributed by atoms with E-state index in [1.807, 2.05) is 60.7 Å². The number of ether oxygens (including phenoxy) is 1. The van der Waals surface area contributed by atoms with Crippen molar-refractivity contribution in [2.45, 2.75) is 31.8 Å². The summed E-state index contributed by atoms with van der Waals surface area (Å²) in [5, 5.41) is 5.44. The van der Waals surface area contributed by atoms with Gasteiger partial charge in [-0.1, -0.05) is 60.7 Å². The molecule has 0 radical (unpaired) electrons. The molecule has 2 aromatic rings. The van der Waals surface area contributed by atoms with Gasteiger partial charge in [-0.3, -0.25) is 0 Å². The third-order valence-corrected chi connectivity index (χ3v) is 4.45. The first-order valence-corrected chi connectivity index (χ1v) is 8.56. The van der Waals surface area contributed by atoms with Crippen LogP contribution >= 0.6 is 0 Å². The summed E-state index contributed by atoms with van der Waals surface area (Å²) in [5.41, 5.74) is 2.09. The Morgan fingerprint density at radius 2 is 1.68 bits per heavy atom. The molecule has 2 N–H and O–H groups in total. The van der Waals surface area contributed by atoms with Crippen molar-refractivity contribution in [2.24, 2.45) is 5.92 Å². The van der Waals surface area contributed by atoms with Gasteiger partial charge in [0.25, 0.3) is 0 Å². The van der Waals surface area contributed by atoms with Gasteiger partial charge in [0.2, 0.25) is 0 Å². The number of nitrogens with one attached hydrogen (secondary N) is 2. The van der Waals surface area contributed by atoms with Crippen LogP contribution in [0.1, 0.15) is 17.5 Å². The van der Waals surface area contributed by atoms with Crippen LogP contribution in [0.25, 0.3) is 0 Å². The first-order valence-electron chi connectivity index (χ1n) is 8.56. The average molecular weight is 342 g/mol. The highest BCUT2D eigenvalue weighted by Gasteiger charge is 2.42. The lowest BCUT2D eigenvalue weighted by Gasteiger charge is -2.39. The summed E-state index contributed by atoms with van der Waals surface area (Å²) >= 11 is 0. The molecule has 1 saturated carbocycles. The van der Waals surface area contributed by atoms with Crippen LogP contribution in [0, 0.1) is 5.92 Å². The molecule has 2 amide bonds. The van der Waals surface area contributed by atoms with Crippen LogP contribution in [-0.2, 0) is 17.9 Å². The second-order valence-electron chi connectivity index (χ2n) is 6.36. The van der Waals surface area contributed by atoms with Crippen LogP contribution in [0.5, 0.6) is 0 Å². The van der Waals surface area contributed by atoms with Gasteiger partial charge in [0.15, 0.2) is 0 Å². The number of alkyl halides is 1. The molecule has 0 aliphatic heterocycles. The summed E-state index contributed by atoms with van der Waals surface area (Å²) in [6, 6.07) is 18.7. The van der Waals surface area contributed by atoms with E-state index in [4.69, 9.17) is 4.74 Å². The van der Waals surface area contributed by atoms with Crippen LogP contribution in [0.2, 0.25) is 0 Å². The Balaban J connectivity index is 1.32. The molecule has 1 unspecified atom stereocenters. The maximum atomic E-state index is 14.2. The first-order chi connectivity index (χ1) is 12.2. The maximum absolute atomic E-state index is 14.2. The Morgan fingerprint density at radius 1 is 1.04 bits per heavy atom. The predicted octanol–water partition coefficient (Wildman–Crippen LogP) is 3.43. The van der Waals surface area contributed by atoms with E-state index < -0.39 is 12.2 Å². The summed E-state index contributed by atoms with van der Waals surface area (Å²) in [6.45, 7) is 1.29. The van der Waals surface area contributed by atoms with Crippen LogP contribution < -0.4 is 10.6 Å². The lowest BCUT2D eigenvalue weighted by atomic mass is 9.78. The summed E-state index contributed by atoms with van der Waals surface area (Å²) in [4.78, 5) is 11.9. The average Bonchev–Trinajstić information content (AvgIpc) is 2.66. The number of hydrogen-bond acceptors (Lipinski definition) is 2. The minimum Gasteiger partial charge on any atom is -0.376 e. The van der Waals surface area contributed by atoms with Gasteiger partial charge in [0, 0.05) is 12.5 Å². The molecule has 1 aliphatic carbocycles. The molecule has 0 saturated heterocycles. The molecule has 0 heterocycles. The summed E-state index contributed by atoms with van der Waals surface area (Å²) in [6.07, 6.45) is -0.451. The third-order valence-electron chi connectivity index (χ3n) is 4.45. The zero-order chi connectivity index (χ0) is 17.5. The molecule has 5 heteroatoms. The number of urea groups is 1. The number of benzene rings is 2. The third kappa shape index (κ3) is 5.03. The highest BCUT2D eigenvalue weighted by atomic mass is 19.1. The largest absolute Gasteiger partial charge is 0.376 e. The highest BCUT2D eigenvalue weighted by Crippen LogP contribution is 2.31. The quantitative estimate of drug-likeness (QED) is 0.810. The fourth-order valence-electron chi connectivity index (χ4n) is 2.92. The molecule has 4 nitrogen and oxygen atoms in total. The van der Waals surface area contributed by atoms with Crippen molar-refractivity contribution in [1.29, 1.82) is 0 Å². The van der Waals surface area contributed by atoms with Crippen molar-refractivity contribution < 1.29 is 13.9 Å². The Kier molecular flexibility index (Phi) is 6.01. The van der Waals surface area contributed by atoms with E-state index in [1.165, 1.54) is 0 Å². The standard InChI is InChI=1S/C20H23FN2O2/c21-19-17(14-25-13-16-9-5-2-6-10-16)11-18(19)23-20(24)22-12-15-7-3-1-4-8-15/h1-10,17-19H,11-14H2,(H2,22,23,24)/t17-,18+,19?/m1/s1. The van der Waals surface area contributed by atoms with E-state index in [-0.39, 0.29) is 11.9 Å². The second kappa shape index (κ2) is 8.62. The van der Waals surface area contributed by atoms with Crippen molar-refractivity contribution in [1.82, 2.24) is 10.6 Å². The molecule has 0 aromatic heterocycles. The number of amides is 2. The lowest BCUT2D eigenvalue weighted by molar-refractivity contribution is -0.0141. The van der Waals surface area contributed by atoms with E-state index in [0.29, 0.717) is 26.2 Å². The fourth-order valence-corrected chi connectivity index (χ4v) is 2.92. The van der Waals surface area contributed by atoms with E-state index in [9.17, 15) is 9.18 Å². The Morgan fingerprint density at radius 3 is 2.32 bits per heavy atom. The van der Waals surface area contributed by atoms with E-state index in [1.54, 1.807) is 0 Å². The number of halogens is 1. The number of rotatable bonds is 7. The van der Waals surface area contributed by atoms with Crippen LogP contribution in [0.3, 0.4) is 0 Å². The number of carbonyl (C=O) groups is 1. The monoisotopic (exact) mass is 342 g/mol. The Labute approximate surface area is 147 Å². The molecule has 0 bridgehead atoms. The molecule has 1 aliphatic rings. The van der Waals surface area contributed by atoms with E-state index in [2.05, 4.69) is 10.6 Å². The normalized spacial score (nSPS) is 22.0. The molecule has 25 heavy (non-hydrogen) atoms.